The predicted octanol–water partition coefficient (Wildman–Crippen LogP) is 4.52. The number of rotatable bonds is 4. The highest BCUT2D eigenvalue weighted by Gasteiger charge is 2.34. The number of fused-ring (bicyclic) bond motifs is 1. The van der Waals surface area contributed by atoms with Crippen molar-refractivity contribution < 1.29 is 18.0 Å². The van der Waals surface area contributed by atoms with Crippen molar-refractivity contribution in [2.24, 2.45) is 0 Å². The first-order chi connectivity index (χ1) is 12.3. The number of aromatic nitrogens is 3. The van der Waals surface area contributed by atoms with Crippen LogP contribution in [0.3, 0.4) is 0 Å². The maximum absolute atomic E-state index is 13.1. The molecular weight excluding hydrogens is 389 g/mol. The summed E-state index contributed by atoms with van der Waals surface area (Å²) in [5.74, 6) is -0.587. The maximum Gasteiger partial charge on any atom is 0.418 e. The smallest absolute Gasteiger partial charge is 0.325 e. The highest BCUT2D eigenvalue weighted by molar-refractivity contribution is 8.00. The first-order valence-corrected chi connectivity index (χ1v) is 8.65. The van der Waals surface area contributed by atoms with Crippen molar-refractivity contribution in [3.8, 4) is 0 Å². The summed E-state index contributed by atoms with van der Waals surface area (Å²) in [7, 11) is 0. The van der Waals surface area contributed by atoms with Gasteiger partial charge in [-0.3, -0.25) is 9.20 Å². The van der Waals surface area contributed by atoms with Crippen LogP contribution in [0.25, 0.3) is 5.65 Å². The van der Waals surface area contributed by atoms with Gasteiger partial charge in [0, 0.05) is 11.2 Å². The molecule has 0 spiro atoms. The monoisotopic (exact) mass is 400 g/mol. The Morgan fingerprint density at radius 2 is 2.04 bits per heavy atom. The summed E-state index contributed by atoms with van der Waals surface area (Å²) in [6.07, 6.45) is -2.89. The molecule has 0 saturated carbocycles. The predicted molar refractivity (Wildman–Crippen MR) is 93.4 cm³/mol. The molecule has 0 aliphatic heterocycles. The molecule has 1 atom stereocenters. The van der Waals surface area contributed by atoms with Crippen LogP contribution >= 0.6 is 23.4 Å². The maximum atomic E-state index is 13.1. The molecule has 1 aromatic carbocycles. The van der Waals surface area contributed by atoms with E-state index in [4.69, 9.17) is 11.6 Å². The van der Waals surface area contributed by atoms with Gasteiger partial charge in [0.05, 0.1) is 16.5 Å². The van der Waals surface area contributed by atoms with E-state index in [1.54, 1.807) is 35.7 Å². The van der Waals surface area contributed by atoms with Gasteiger partial charge in [-0.15, -0.1) is 10.2 Å². The van der Waals surface area contributed by atoms with E-state index in [2.05, 4.69) is 15.5 Å². The van der Waals surface area contributed by atoms with Crippen molar-refractivity contribution >= 4 is 40.6 Å². The Morgan fingerprint density at radius 3 is 2.77 bits per heavy atom. The molecule has 3 rings (SSSR count). The van der Waals surface area contributed by atoms with Gasteiger partial charge in [-0.05, 0) is 37.3 Å². The number of hydrogen-bond donors (Lipinski definition) is 1. The Kier molecular flexibility index (Phi) is 5.10. The Balaban J connectivity index is 1.78. The second kappa shape index (κ2) is 7.16. The van der Waals surface area contributed by atoms with Crippen molar-refractivity contribution in [1.29, 1.82) is 0 Å². The number of carbonyl (C=O) groups is 1. The summed E-state index contributed by atoms with van der Waals surface area (Å²) in [4.78, 5) is 12.3. The van der Waals surface area contributed by atoms with Crippen molar-refractivity contribution in [3.05, 3.63) is 53.2 Å². The number of anilines is 1. The molecule has 1 amide bonds. The number of amides is 1. The standard InChI is InChI=1S/C16H12ClF3N4OS/c1-9(26-15-23-22-13-4-2-3-7-24(13)15)14(25)21-12-6-5-10(17)8-11(12)16(18,19)20/h2-9H,1H3,(H,21,25)/t9-/m0/s1. The quantitative estimate of drug-likeness (QED) is 0.654. The van der Waals surface area contributed by atoms with Gasteiger partial charge in [0.1, 0.15) is 0 Å². The third kappa shape index (κ3) is 3.94. The minimum Gasteiger partial charge on any atom is -0.325 e. The van der Waals surface area contributed by atoms with Gasteiger partial charge in [-0.2, -0.15) is 13.2 Å². The van der Waals surface area contributed by atoms with Crippen molar-refractivity contribution in [1.82, 2.24) is 14.6 Å². The van der Waals surface area contributed by atoms with Crippen molar-refractivity contribution in [2.45, 2.75) is 23.5 Å². The molecule has 0 bridgehead atoms. The zero-order valence-corrected chi connectivity index (χ0v) is 14.9. The topological polar surface area (TPSA) is 59.3 Å². The van der Waals surface area contributed by atoms with E-state index >= 15 is 0 Å². The zero-order chi connectivity index (χ0) is 18.9. The normalized spacial score (nSPS) is 13.0. The lowest BCUT2D eigenvalue weighted by atomic mass is 10.1. The van der Waals surface area contributed by atoms with E-state index in [-0.39, 0.29) is 10.7 Å². The van der Waals surface area contributed by atoms with Gasteiger partial charge in [0.2, 0.25) is 5.91 Å². The largest absolute Gasteiger partial charge is 0.418 e. The number of pyridine rings is 1. The molecule has 1 N–H and O–H groups in total. The van der Waals surface area contributed by atoms with Gasteiger partial charge >= 0.3 is 6.18 Å². The van der Waals surface area contributed by atoms with E-state index in [1.165, 1.54) is 6.07 Å². The summed E-state index contributed by atoms with van der Waals surface area (Å²) in [6.45, 7) is 1.58. The van der Waals surface area contributed by atoms with Gasteiger partial charge in [-0.25, -0.2) is 0 Å². The number of benzene rings is 1. The van der Waals surface area contributed by atoms with Crippen LogP contribution in [0.5, 0.6) is 0 Å². The second-order valence-corrected chi connectivity index (χ2v) is 7.09. The number of nitrogens with one attached hydrogen (secondary N) is 1. The lowest BCUT2D eigenvalue weighted by molar-refractivity contribution is -0.137. The molecule has 2 aromatic heterocycles. The van der Waals surface area contributed by atoms with Crippen LogP contribution in [-0.4, -0.2) is 25.8 Å². The molecule has 0 aliphatic carbocycles. The molecule has 3 aromatic rings. The number of hydrogen-bond acceptors (Lipinski definition) is 4. The minimum absolute atomic E-state index is 0.0623. The summed E-state index contributed by atoms with van der Waals surface area (Å²) in [5, 5.41) is 9.98. The zero-order valence-electron chi connectivity index (χ0n) is 13.3. The molecule has 10 heteroatoms. The molecule has 0 saturated heterocycles. The molecule has 136 valence electrons. The Morgan fingerprint density at radius 1 is 1.27 bits per heavy atom. The SMILES string of the molecule is C[C@H](Sc1nnc2ccccn12)C(=O)Nc1ccc(Cl)cc1C(F)(F)F. The van der Waals surface area contributed by atoms with E-state index in [9.17, 15) is 18.0 Å². The lowest BCUT2D eigenvalue weighted by Crippen LogP contribution is -2.24. The third-order valence-electron chi connectivity index (χ3n) is 3.48. The van der Waals surface area contributed by atoms with Crippen LogP contribution in [0.2, 0.25) is 5.02 Å². The Hall–Kier alpha value is -2.26. The highest BCUT2D eigenvalue weighted by atomic mass is 35.5. The lowest BCUT2D eigenvalue weighted by Gasteiger charge is -2.16. The molecular formula is C16H12ClF3N4OS. The fraction of sp³-hybridized carbons (Fsp3) is 0.188. The first-order valence-electron chi connectivity index (χ1n) is 7.40. The fourth-order valence-electron chi connectivity index (χ4n) is 2.21. The van der Waals surface area contributed by atoms with Crippen molar-refractivity contribution in [3.63, 3.8) is 0 Å². The number of carbonyl (C=O) groups excluding carboxylic acids is 1. The van der Waals surface area contributed by atoms with Gasteiger partial charge in [0.25, 0.3) is 0 Å². The molecule has 0 fully saturated rings. The van der Waals surface area contributed by atoms with Crippen LogP contribution in [0.1, 0.15) is 12.5 Å². The molecule has 2 heterocycles. The first kappa shape index (κ1) is 18.5. The van der Waals surface area contributed by atoms with Crippen LogP contribution in [0.4, 0.5) is 18.9 Å². The fourth-order valence-corrected chi connectivity index (χ4v) is 3.22. The molecule has 0 radical (unpaired) electrons. The highest BCUT2D eigenvalue weighted by Crippen LogP contribution is 2.37. The summed E-state index contributed by atoms with van der Waals surface area (Å²) in [5.41, 5.74) is -0.728. The van der Waals surface area contributed by atoms with Crippen LogP contribution in [0, 0.1) is 0 Å². The van der Waals surface area contributed by atoms with Gasteiger partial charge in [0.15, 0.2) is 10.8 Å². The molecule has 26 heavy (non-hydrogen) atoms. The number of nitrogens with zero attached hydrogens (tertiary/aromatic N) is 3. The summed E-state index contributed by atoms with van der Waals surface area (Å²) in [6, 6.07) is 8.54. The summed E-state index contributed by atoms with van der Waals surface area (Å²) >= 11 is 6.73. The Bertz CT molecular complexity index is 960. The van der Waals surface area contributed by atoms with E-state index in [0.29, 0.717) is 10.8 Å². The van der Waals surface area contributed by atoms with Crippen molar-refractivity contribution in [2.75, 3.05) is 5.32 Å². The van der Waals surface area contributed by atoms with E-state index < -0.39 is 22.9 Å². The Labute approximate surface area is 155 Å². The van der Waals surface area contributed by atoms with Crippen LogP contribution in [0.15, 0.2) is 47.8 Å². The minimum atomic E-state index is -4.63. The number of thioether (sulfide) groups is 1. The van der Waals surface area contributed by atoms with Gasteiger partial charge in [-0.1, -0.05) is 29.4 Å². The van der Waals surface area contributed by atoms with Crippen LogP contribution < -0.4 is 5.32 Å². The average Bonchev–Trinajstić information content (AvgIpc) is 2.98. The molecule has 5 nitrogen and oxygen atoms in total. The number of alkyl halides is 3. The van der Waals surface area contributed by atoms with E-state index in [1.807, 2.05) is 0 Å². The van der Waals surface area contributed by atoms with E-state index in [0.717, 1.165) is 23.9 Å². The average molecular weight is 401 g/mol. The second-order valence-electron chi connectivity index (χ2n) is 5.35. The summed E-state index contributed by atoms with van der Waals surface area (Å²) < 4.78 is 41.1. The van der Waals surface area contributed by atoms with Crippen LogP contribution in [-0.2, 0) is 11.0 Å². The third-order valence-corrected chi connectivity index (χ3v) is 4.77. The van der Waals surface area contributed by atoms with Gasteiger partial charge < -0.3 is 5.32 Å². The number of halogens is 4. The molecule has 0 aliphatic rings. The molecule has 0 unspecified atom stereocenters.